The molecule has 5 rings (SSSR count). The summed E-state index contributed by atoms with van der Waals surface area (Å²) in [6, 6.07) is 13.1. The Hall–Kier alpha value is -2.66. The maximum Gasteiger partial charge on any atom is 0.257 e. The zero-order chi connectivity index (χ0) is 21.2. The molecular weight excluding hydrogens is 386 g/mol. The number of rotatable bonds is 4. The molecule has 0 bridgehead atoms. The van der Waals surface area contributed by atoms with Crippen LogP contribution in [0.25, 0.3) is 11.0 Å². The molecule has 2 fully saturated rings. The molecule has 0 radical (unpaired) electrons. The van der Waals surface area contributed by atoms with Crippen LogP contribution in [0.1, 0.15) is 53.1 Å². The van der Waals surface area contributed by atoms with Crippen molar-refractivity contribution < 1.29 is 9.53 Å². The van der Waals surface area contributed by atoms with Gasteiger partial charge in [-0.15, -0.1) is 0 Å². The molecule has 5 heteroatoms. The molecule has 2 aliphatic rings. The minimum atomic E-state index is 0.0776. The van der Waals surface area contributed by atoms with E-state index in [0.717, 1.165) is 23.1 Å². The predicted octanol–water partition coefficient (Wildman–Crippen LogP) is 4.79. The van der Waals surface area contributed by atoms with E-state index in [2.05, 4.69) is 46.8 Å². The fourth-order valence-electron chi connectivity index (χ4n) is 5.16. The summed E-state index contributed by atoms with van der Waals surface area (Å²) in [6.07, 6.45) is 8.77. The summed E-state index contributed by atoms with van der Waals surface area (Å²) < 4.78 is 7.68. The third kappa shape index (κ3) is 4.24. The van der Waals surface area contributed by atoms with E-state index < -0.39 is 0 Å². The molecule has 2 aromatic heterocycles. The van der Waals surface area contributed by atoms with Crippen molar-refractivity contribution in [2.24, 2.45) is 5.92 Å². The summed E-state index contributed by atoms with van der Waals surface area (Å²) in [5.41, 5.74) is 5.43. The highest BCUT2D eigenvalue weighted by atomic mass is 16.5. The number of nitrogens with zero attached hydrogens (tertiary/aromatic N) is 3. The van der Waals surface area contributed by atoms with Gasteiger partial charge in [-0.3, -0.25) is 9.78 Å². The minimum absolute atomic E-state index is 0.0776. The van der Waals surface area contributed by atoms with E-state index in [0.29, 0.717) is 38.1 Å². The number of carbonyl (C=O) groups is 1. The smallest absolute Gasteiger partial charge is 0.257 e. The van der Waals surface area contributed by atoms with Crippen molar-refractivity contribution in [2.45, 2.75) is 45.1 Å². The number of carbonyl (C=O) groups excluding carboxylic acids is 1. The molecule has 0 atom stereocenters. The first-order chi connectivity index (χ1) is 15.2. The van der Waals surface area contributed by atoms with Gasteiger partial charge in [-0.1, -0.05) is 29.8 Å². The highest BCUT2D eigenvalue weighted by Gasteiger charge is 2.26. The summed E-state index contributed by atoms with van der Waals surface area (Å²) >= 11 is 0. The van der Waals surface area contributed by atoms with E-state index in [9.17, 15) is 4.79 Å². The second-order valence-corrected chi connectivity index (χ2v) is 9.10. The molecule has 3 heterocycles. The largest absolute Gasteiger partial charge is 0.378 e. The number of amides is 1. The van der Waals surface area contributed by atoms with Gasteiger partial charge in [0.05, 0.1) is 24.3 Å². The lowest BCUT2D eigenvalue weighted by Gasteiger charge is -2.29. The van der Waals surface area contributed by atoms with Crippen molar-refractivity contribution in [1.82, 2.24) is 14.5 Å². The van der Waals surface area contributed by atoms with E-state index in [1.165, 1.54) is 36.8 Å². The lowest BCUT2D eigenvalue weighted by atomic mass is 9.78. The van der Waals surface area contributed by atoms with Crippen LogP contribution in [0.5, 0.6) is 0 Å². The molecule has 1 aliphatic heterocycles. The molecule has 162 valence electrons. The Labute approximate surface area is 184 Å². The van der Waals surface area contributed by atoms with Crippen molar-refractivity contribution in [3.63, 3.8) is 0 Å². The third-order valence-corrected chi connectivity index (χ3v) is 7.02. The zero-order valence-electron chi connectivity index (χ0n) is 18.3. The molecule has 1 saturated heterocycles. The maximum atomic E-state index is 13.2. The first-order valence-electron chi connectivity index (χ1n) is 11.6. The fourth-order valence-corrected chi connectivity index (χ4v) is 5.16. The van der Waals surface area contributed by atoms with Gasteiger partial charge in [0.2, 0.25) is 0 Å². The van der Waals surface area contributed by atoms with Gasteiger partial charge in [0.25, 0.3) is 5.91 Å². The van der Waals surface area contributed by atoms with Crippen LogP contribution in [0.2, 0.25) is 0 Å². The summed E-state index contributed by atoms with van der Waals surface area (Å²) in [7, 11) is 0. The van der Waals surface area contributed by atoms with Gasteiger partial charge in [0.15, 0.2) is 0 Å². The number of hydrogen-bond acceptors (Lipinski definition) is 3. The van der Waals surface area contributed by atoms with Crippen LogP contribution in [0.4, 0.5) is 0 Å². The Morgan fingerprint density at radius 3 is 2.55 bits per heavy atom. The third-order valence-electron chi connectivity index (χ3n) is 7.02. The second kappa shape index (κ2) is 8.83. The van der Waals surface area contributed by atoms with Crippen LogP contribution in [0, 0.1) is 12.8 Å². The SMILES string of the molecule is Cc1ccc(C2CCC(Cn3cc(C(=O)N4CCOCC4)c4ncccc43)CC2)cc1. The Bertz CT molecular complexity index is 1040. The number of aryl methyl sites for hydroxylation is 1. The first-order valence-corrected chi connectivity index (χ1v) is 11.6. The Morgan fingerprint density at radius 2 is 1.81 bits per heavy atom. The fraction of sp³-hybridized carbons (Fsp3) is 0.462. The molecule has 1 saturated carbocycles. The molecule has 1 aromatic carbocycles. The number of aromatic nitrogens is 2. The monoisotopic (exact) mass is 417 g/mol. The van der Waals surface area contributed by atoms with Crippen molar-refractivity contribution >= 4 is 16.9 Å². The van der Waals surface area contributed by atoms with E-state index in [1.54, 1.807) is 6.20 Å². The molecule has 0 unspecified atom stereocenters. The number of fused-ring (bicyclic) bond motifs is 1. The highest BCUT2D eigenvalue weighted by molar-refractivity contribution is 6.05. The maximum absolute atomic E-state index is 13.2. The molecule has 1 amide bonds. The number of morpholine rings is 1. The lowest BCUT2D eigenvalue weighted by molar-refractivity contribution is 0.0304. The van der Waals surface area contributed by atoms with Crippen LogP contribution >= 0.6 is 0 Å². The van der Waals surface area contributed by atoms with Crippen LogP contribution in [0.15, 0.2) is 48.8 Å². The Morgan fingerprint density at radius 1 is 1.06 bits per heavy atom. The molecule has 0 N–H and O–H groups in total. The Balaban J connectivity index is 1.31. The quantitative estimate of drug-likeness (QED) is 0.613. The predicted molar refractivity (Wildman–Crippen MR) is 122 cm³/mol. The van der Waals surface area contributed by atoms with Crippen molar-refractivity contribution in [2.75, 3.05) is 26.3 Å². The summed E-state index contributed by atoms with van der Waals surface area (Å²) in [5.74, 6) is 1.40. The van der Waals surface area contributed by atoms with E-state index in [-0.39, 0.29) is 5.91 Å². The standard InChI is InChI=1S/C26H31N3O2/c1-19-4-8-21(9-5-19)22-10-6-20(7-11-22)17-29-18-23(25-24(29)3-2-12-27-25)26(30)28-13-15-31-16-14-28/h2-5,8-9,12,18,20,22H,6-7,10-11,13-17H2,1H3. The van der Waals surface area contributed by atoms with Crippen molar-refractivity contribution in [3.05, 3.63) is 65.5 Å². The number of hydrogen-bond donors (Lipinski definition) is 0. The van der Waals surface area contributed by atoms with Gasteiger partial charge in [-0.2, -0.15) is 0 Å². The zero-order valence-corrected chi connectivity index (χ0v) is 18.3. The van der Waals surface area contributed by atoms with Crippen molar-refractivity contribution in [1.29, 1.82) is 0 Å². The van der Waals surface area contributed by atoms with Gasteiger partial charge in [-0.05, 0) is 62.1 Å². The van der Waals surface area contributed by atoms with Crippen molar-refractivity contribution in [3.8, 4) is 0 Å². The molecule has 31 heavy (non-hydrogen) atoms. The van der Waals surface area contributed by atoms with Crippen LogP contribution in [-0.2, 0) is 11.3 Å². The normalized spacial score (nSPS) is 22.0. The number of benzene rings is 1. The molecule has 3 aromatic rings. The van der Waals surface area contributed by atoms with Crippen LogP contribution < -0.4 is 0 Å². The molecule has 0 spiro atoms. The van der Waals surface area contributed by atoms with Crippen LogP contribution in [0.3, 0.4) is 0 Å². The summed E-state index contributed by atoms with van der Waals surface area (Å²) in [5, 5.41) is 0. The Kier molecular flexibility index (Phi) is 5.77. The van der Waals surface area contributed by atoms with Gasteiger partial charge in [0, 0.05) is 32.0 Å². The van der Waals surface area contributed by atoms with Crippen LogP contribution in [-0.4, -0.2) is 46.7 Å². The lowest BCUT2D eigenvalue weighted by Crippen LogP contribution is -2.40. The molecule has 1 aliphatic carbocycles. The van der Waals surface area contributed by atoms with E-state index in [1.807, 2.05) is 17.2 Å². The minimum Gasteiger partial charge on any atom is -0.378 e. The van der Waals surface area contributed by atoms with E-state index in [4.69, 9.17) is 4.74 Å². The number of ether oxygens (including phenoxy) is 1. The number of pyridine rings is 1. The first kappa shape index (κ1) is 20.3. The topological polar surface area (TPSA) is 47.4 Å². The van der Waals surface area contributed by atoms with Gasteiger partial charge in [-0.25, -0.2) is 0 Å². The second-order valence-electron chi connectivity index (χ2n) is 9.10. The summed E-state index contributed by atoms with van der Waals surface area (Å²) in [6.45, 7) is 5.64. The average molecular weight is 418 g/mol. The van der Waals surface area contributed by atoms with E-state index >= 15 is 0 Å². The highest BCUT2D eigenvalue weighted by Crippen LogP contribution is 2.37. The average Bonchev–Trinajstić information content (AvgIpc) is 3.19. The van der Waals surface area contributed by atoms with Gasteiger partial charge < -0.3 is 14.2 Å². The van der Waals surface area contributed by atoms with Gasteiger partial charge >= 0.3 is 0 Å². The molecular formula is C26H31N3O2. The summed E-state index contributed by atoms with van der Waals surface area (Å²) in [4.78, 5) is 19.6. The molecule has 5 nitrogen and oxygen atoms in total. The van der Waals surface area contributed by atoms with Gasteiger partial charge in [0.1, 0.15) is 5.52 Å².